The molecule has 1 aromatic rings. The number of fused-ring (bicyclic) bond motifs is 1. The smallest absolute Gasteiger partial charge is 0.260 e. The summed E-state index contributed by atoms with van der Waals surface area (Å²) < 4.78 is 11.3. The van der Waals surface area contributed by atoms with E-state index in [9.17, 15) is 4.79 Å². The second-order valence-corrected chi connectivity index (χ2v) is 6.28. The van der Waals surface area contributed by atoms with Crippen LogP contribution in [-0.2, 0) is 22.4 Å². The lowest BCUT2D eigenvalue weighted by Gasteiger charge is -2.19. The number of aryl methyl sites for hydroxylation is 2. The number of rotatable bonds is 5. The van der Waals surface area contributed by atoms with E-state index in [-0.39, 0.29) is 12.0 Å². The third kappa shape index (κ3) is 3.80. The quantitative estimate of drug-likeness (QED) is 0.909. The fourth-order valence-electron chi connectivity index (χ4n) is 3.20. The minimum absolute atomic E-state index is 0.0757. The van der Waals surface area contributed by atoms with E-state index in [0.717, 1.165) is 38.0 Å². The van der Waals surface area contributed by atoms with Crippen molar-refractivity contribution in [3.8, 4) is 5.75 Å². The lowest BCUT2D eigenvalue weighted by atomic mass is 9.92. The van der Waals surface area contributed by atoms with Crippen LogP contribution in [-0.4, -0.2) is 31.3 Å². The Morgan fingerprint density at radius 3 is 2.91 bits per heavy atom. The molecular weight excluding hydrogens is 278 g/mol. The van der Waals surface area contributed by atoms with Gasteiger partial charge in [0.2, 0.25) is 0 Å². The zero-order valence-corrected chi connectivity index (χ0v) is 13.3. The van der Waals surface area contributed by atoms with Crippen LogP contribution in [0.2, 0.25) is 0 Å². The second kappa shape index (κ2) is 7.14. The number of ether oxygens (including phenoxy) is 2. The fraction of sp³-hybridized carbons (Fsp3) is 0.611. The summed E-state index contributed by atoms with van der Waals surface area (Å²) in [5.41, 5.74) is 2.80. The van der Waals surface area contributed by atoms with Crippen molar-refractivity contribution in [1.82, 2.24) is 5.32 Å². The second-order valence-electron chi connectivity index (χ2n) is 6.28. The summed E-state index contributed by atoms with van der Waals surface area (Å²) >= 11 is 0. The first-order valence-electron chi connectivity index (χ1n) is 8.40. The zero-order valence-electron chi connectivity index (χ0n) is 13.3. The normalized spacial score (nSPS) is 22.0. The largest absolute Gasteiger partial charge is 0.481 e. The molecule has 1 aliphatic heterocycles. The van der Waals surface area contributed by atoms with Crippen LogP contribution in [0.4, 0.5) is 0 Å². The van der Waals surface area contributed by atoms with Crippen LogP contribution < -0.4 is 10.1 Å². The molecule has 4 heteroatoms. The van der Waals surface area contributed by atoms with Crippen molar-refractivity contribution >= 4 is 5.91 Å². The Balaban J connectivity index is 1.51. The number of carbonyl (C=O) groups excluding carboxylic acids is 1. The molecule has 0 spiro atoms. The van der Waals surface area contributed by atoms with Crippen molar-refractivity contribution in [2.24, 2.45) is 0 Å². The third-order valence-corrected chi connectivity index (χ3v) is 4.53. The number of nitrogens with one attached hydrogen (secondary N) is 1. The molecule has 0 radical (unpaired) electrons. The number of amides is 1. The Hall–Kier alpha value is -1.55. The Bertz CT molecular complexity index is 523. The minimum atomic E-state index is -0.483. The summed E-state index contributed by atoms with van der Waals surface area (Å²) in [6.45, 7) is 3.18. The highest BCUT2D eigenvalue weighted by atomic mass is 16.5. The van der Waals surface area contributed by atoms with Gasteiger partial charge < -0.3 is 14.8 Å². The Morgan fingerprint density at radius 2 is 2.14 bits per heavy atom. The molecule has 1 heterocycles. The van der Waals surface area contributed by atoms with Crippen LogP contribution in [0.3, 0.4) is 0 Å². The number of hydrogen-bond acceptors (Lipinski definition) is 3. The van der Waals surface area contributed by atoms with Gasteiger partial charge in [-0.1, -0.05) is 6.07 Å². The summed E-state index contributed by atoms with van der Waals surface area (Å²) in [4.78, 5) is 12.1. The molecule has 1 aromatic carbocycles. The SMILES string of the molecule is C[C@H](Oc1ccc2c(c1)CCCC2)C(=O)NC[C@@H]1CCCO1. The zero-order chi connectivity index (χ0) is 15.4. The fourth-order valence-corrected chi connectivity index (χ4v) is 3.20. The van der Waals surface area contributed by atoms with E-state index in [1.54, 1.807) is 6.92 Å². The molecule has 1 amide bonds. The molecule has 1 saturated heterocycles. The van der Waals surface area contributed by atoms with Gasteiger partial charge in [0, 0.05) is 13.2 Å². The lowest BCUT2D eigenvalue weighted by Crippen LogP contribution is -2.40. The third-order valence-electron chi connectivity index (χ3n) is 4.53. The molecule has 0 unspecified atom stereocenters. The van der Waals surface area contributed by atoms with Crippen LogP contribution in [0.15, 0.2) is 18.2 Å². The molecule has 0 saturated carbocycles. The molecule has 2 atom stereocenters. The molecule has 4 nitrogen and oxygen atoms in total. The molecule has 1 fully saturated rings. The van der Waals surface area contributed by atoms with Gasteiger partial charge in [-0.05, 0) is 68.7 Å². The summed E-state index contributed by atoms with van der Waals surface area (Å²) in [6, 6.07) is 6.22. The molecule has 120 valence electrons. The van der Waals surface area contributed by atoms with E-state index in [2.05, 4.69) is 17.4 Å². The maximum absolute atomic E-state index is 12.1. The number of carbonyl (C=O) groups is 1. The molecule has 0 bridgehead atoms. The maximum Gasteiger partial charge on any atom is 0.260 e. The molecule has 3 rings (SSSR count). The lowest BCUT2D eigenvalue weighted by molar-refractivity contribution is -0.127. The van der Waals surface area contributed by atoms with E-state index in [0.29, 0.717) is 6.54 Å². The summed E-state index contributed by atoms with van der Waals surface area (Å²) in [5.74, 6) is 0.716. The topological polar surface area (TPSA) is 47.6 Å². The Labute approximate surface area is 132 Å². The highest BCUT2D eigenvalue weighted by Crippen LogP contribution is 2.25. The van der Waals surface area contributed by atoms with Crippen LogP contribution in [0.5, 0.6) is 5.75 Å². The highest BCUT2D eigenvalue weighted by Gasteiger charge is 2.20. The summed E-state index contributed by atoms with van der Waals surface area (Å²) in [5, 5.41) is 2.92. The molecule has 2 aliphatic rings. The minimum Gasteiger partial charge on any atom is -0.481 e. The van der Waals surface area contributed by atoms with Crippen molar-refractivity contribution in [2.75, 3.05) is 13.2 Å². The number of hydrogen-bond donors (Lipinski definition) is 1. The van der Waals surface area contributed by atoms with E-state index >= 15 is 0 Å². The van der Waals surface area contributed by atoms with Crippen molar-refractivity contribution in [1.29, 1.82) is 0 Å². The highest BCUT2D eigenvalue weighted by molar-refractivity contribution is 5.80. The van der Waals surface area contributed by atoms with E-state index < -0.39 is 6.10 Å². The van der Waals surface area contributed by atoms with Gasteiger partial charge >= 0.3 is 0 Å². The predicted octanol–water partition coefficient (Wildman–Crippen LogP) is 2.63. The Kier molecular flexibility index (Phi) is 4.98. The van der Waals surface area contributed by atoms with E-state index in [4.69, 9.17) is 9.47 Å². The monoisotopic (exact) mass is 303 g/mol. The van der Waals surface area contributed by atoms with Crippen molar-refractivity contribution in [2.45, 2.75) is 57.7 Å². The van der Waals surface area contributed by atoms with Gasteiger partial charge in [0.1, 0.15) is 5.75 Å². The standard InChI is InChI=1S/C18H25NO3/c1-13(18(20)19-12-17-7-4-10-21-17)22-16-9-8-14-5-2-3-6-15(14)11-16/h8-9,11,13,17H,2-7,10,12H2,1H3,(H,19,20)/t13-,17-/m0/s1. The van der Waals surface area contributed by atoms with Gasteiger partial charge in [-0.3, -0.25) is 4.79 Å². The van der Waals surface area contributed by atoms with Crippen LogP contribution in [0.1, 0.15) is 43.7 Å². The summed E-state index contributed by atoms with van der Waals surface area (Å²) in [6.07, 6.45) is 6.59. The molecular formula is C18H25NO3. The first-order chi connectivity index (χ1) is 10.7. The van der Waals surface area contributed by atoms with Gasteiger partial charge in [0.05, 0.1) is 6.10 Å². The van der Waals surface area contributed by atoms with Gasteiger partial charge in [-0.25, -0.2) is 0 Å². The van der Waals surface area contributed by atoms with Crippen molar-refractivity contribution in [3.63, 3.8) is 0 Å². The van der Waals surface area contributed by atoms with E-state index in [1.807, 2.05) is 6.07 Å². The van der Waals surface area contributed by atoms with Gasteiger partial charge in [0.15, 0.2) is 6.10 Å². The predicted molar refractivity (Wildman–Crippen MR) is 85.2 cm³/mol. The maximum atomic E-state index is 12.1. The van der Waals surface area contributed by atoms with Gasteiger partial charge in [-0.15, -0.1) is 0 Å². The van der Waals surface area contributed by atoms with Gasteiger partial charge in [-0.2, -0.15) is 0 Å². The van der Waals surface area contributed by atoms with Crippen LogP contribution in [0, 0.1) is 0 Å². The molecule has 1 N–H and O–H groups in total. The summed E-state index contributed by atoms with van der Waals surface area (Å²) in [7, 11) is 0. The molecule has 1 aliphatic carbocycles. The van der Waals surface area contributed by atoms with Crippen LogP contribution in [0.25, 0.3) is 0 Å². The van der Waals surface area contributed by atoms with Crippen molar-refractivity contribution < 1.29 is 14.3 Å². The average Bonchev–Trinajstić information content (AvgIpc) is 3.06. The average molecular weight is 303 g/mol. The first-order valence-corrected chi connectivity index (χ1v) is 8.40. The van der Waals surface area contributed by atoms with Crippen LogP contribution >= 0.6 is 0 Å². The first kappa shape index (κ1) is 15.3. The van der Waals surface area contributed by atoms with Crippen molar-refractivity contribution in [3.05, 3.63) is 29.3 Å². The van der Waals surface area contributed by atoms with Gasteiger partial charge in [0.25, 0.3) is 5.91 Å². The van der Waals surface area contributed by atoms with E-state index in [1.165, 1.54) is 24.0 Å². The Morgan fingerprint density at radius 1 is 1.32 bits per heavy atom. The number of benzene rings is 1. The molecule has 0 aromatic heterocycles. The molecule has 22 heavy (non-hydrogen) atoms.